The molecule has 60 valence electrons. The Morgan fingerprint density at radius 3 is 2.27 bits per heavy atom. The first-order chi connectivity index (χ1) is 4.72. The van der Waals surface area contributed by atoms with Crippen LogP contribution in [-0.2, 0) is 0 Å². The summed E-state index contributed by atoms with van der Waals surface area (Å²) in [7, 11) is 0. The van der Waals surface area contributed by atoms with Gasteiger partial charge in [-0.15, -0.1) is 0 Å². The van der Waals surface area contributed by atoms with E-state index in [4.69, 9.17) is 5.11 Å². The quantitative estimate of drug-likeness (QED) is 0.652. The van der Waals surface area contributed by atoms with Gasteiger partial charge in [0.1, 0.15) is 0 Å². The van der Waals surface area contributed by atoms with Crippen molar-refractivity contribution in [1.82, 2.24) is 0 Å². The van der Waals surface area contributed by atoms with Gasteiger partial charge in [-0.1, -0.05) is 18.2 Å². The van der Waals surface area contributed by atoms with Crippen LogP contribution in [0.5, 0.6) is 0 Å². The third-order valence-electron chi connectivity index (χ3n) is 1.38. The van der Waals surface area contributed by atoms with Gasteiger partial charge in [0.25, 0.3) is 0 Å². The Balaban J connectivity index is 0.000001000. The first-order valence-electron chi connectivity index (χ1n) is 3.01. The summed E-state index contributed by atoms with van der Waals surface area (Å²) in [4.78, 5) is 10.4. The number of aryl methyl sites for hydroxylation is 1. The predicted molar refractivity (Wildman–Crippen MR) is 41.8 cm³/mol. The van der Waals surface area contributed by atoms with Crippen molar-refractivity contribution in [2.45, 2.75) is 6.92 Å². The van der Waals surface area contributed by atoms with Crippen LogP contribution in [0.1, 0.15) is 15.9 Å². The van der Waals surface area contributed by atoms with Gasteiger partial charge in [0.15, 0.2) is 0 Å². The van der Waals surface area contributed by atoms with Crippen LogP contribution in [-0.4, -0.2) is 16.6 Å². The molecule has 0 fully saturated rings. The molecule has 3 N–H and O–H groups in total. The molecular formula is C8H10O3. The number of hydrogen-bond acceptors (Lipinski definition) is 1. The fourth-order valence-electron chi connectivity index (χ4n) is 0.813. The number of rotatable bonds is 1. The van der Waals surface area contributed by atoms with Gasteiger partial charge in [0.05, 0.1) is 5.56 Å². The predicted octanol–water partition coefficient (Wildman–Crippen LogP) is 0.869. The SMILES string of the molecule is Cc1ccccc1C(=O)O.O. The molecule has 1 aromatic carbocycles. The number of carbonyl (C=O) groups is 1. The number of hydrogen-bond donors (Lipinski definition) is 1. The highest BCUT2D eigenvalue weighted by Gasteiger charge is 2.02. The Morgan fingerprint density at radius 2 is 1.91 bits per heavy atom. The molecule has 0 unspecified atom stereocenters. The lowest BCUT2D eigenvalue weighted by Crippen LogP contribution is -1.97. The summed E-state index contributed by atoms with van der Waals surface area (Å²) < 4.78 is 0. The van der Waals surface area contributed by atoms with Gasteiger partial charge in [-0.05, 0) is 18.6 Å². The number of aromatic carboxylic acids is 1. The summed E-state index contributed by atoms with van der Waals surface area (Å²) in [5.41, 5.74) is 1.18. The summed E-state index contributed by atoms with van der Waals surface area (Å²) >= 11 is 0. The van der Waals surface area contributed by atoms with E-state index in [1.54, 1.807) is 25.1 Å². The van der Waals surface area contributed by atoms with Gasteiger partial charge in [-0.3, -0.25) is 0 Å². The summed E-state index contributed by atoms with van der Waals surface area (Å²) in [6, 6.07) is 6.92. The van der Waals surface area contributed by atoms with E-state index >= 15 is 0 Å². The molecule has 11 heavy (non-hydrogen) atoms. The minimum atomic E-state index is -0.863. The maximum atomic E-state index is 10.4. The molecule has 0 spiro atoms. The minimum Gasteiger partial charge on any atom is -0.478 e. The highest BCUT2D eigenvalue weighted by atomic mass is 16.4. The fourth-order valence-corrected chi connectivity index (χ4v) is 0.813. The molecule has 3 nitrogen and oxygen atoms in total. The minimum absolute atomic E-state index is 0. The normalized spacial score (nSPS) is 8.45. The molecule has 0 aliphatic rings. The molecule has 0 aromatic heterocycles. The van der Waals surface area contributed by atoms with E-state index in [9.17, 15) is 4.79 Å². The van der Waals surface area contributed by atoms with E-state index in [0.717, 1.165) is 5.56 Å². The molecule has 0 aliphatic carbocycles. The zero-order valence-corrected chi connectivity index (χ0v) is 6.16. The largest absolute Gasteiger partial charge is 0.478 e. The Bertz CT molecular complexity index is 255. The lowest BCUT2D eigenvalue weighted by molar-refractivity contribution is 0.0696. The number of benzene rings is 1. The van der Waals surface area contributed by atoms with Crippen molar-refractivity contribution in [2.24, 2.45) is 0 Å². The topological polar surface area (TPSA) is 68.8 Å². The van der Waals surface area contributed by atoms with Crippen LogP contribution in [0, 0.1) is 6.92 Å². The van der Waals surface area contributed by atoms with Crippen LogP contribution in [0.15, 0.2) is 24.3 Å². The average molecular weight is 154 g/mol. The van der Waals surface area contributed by atoms with E-state index in [1.807, 2.05) is 6.07 Å². The summed E-state index contributed by atoms with van der Waals surface area (Å²) in [6.45, 7) is 1.78. The van der Waals surface area contributed by atoms with Gasteiger partial charge in [0, 0.05) is 0 Å². The molecule has 0 saturated heterocycles. The van der Waals surface area contributed by atoms with Gasteiger partial charge >= 0.3 is 5.97 Å². The molecule has 0 bridgehead atoms. The second kappa shape index (κ2) is 3.73. The van der Waals surface area contributed by atoms with Gasteiger partial charge in [-0.25, -0.2) is 4.79 Å². The molecule has 0 atom stereocenters. The average Bonchev–Trinajstić information content (AvgIpc) is 1.88. The van der Waals surface area contributed by atoms with E-state index < -0.39 is 5.97 Å². The van der Waals surface area contributed by atoms with Gasteiger partial charge in [0.2, 0.25) is 0 Å². The molecular weight excluding hydrogens is 144 g/mol. The second-order valence-corrected chi connectivity index (χ2v) is 2.12. The van der Waals surface area contributed by atoms with Crippen molar-refractivity contribution in [3.63, 3.8) is 0 Å². The molecule has 0 saturated carbocycles. The van der Waals surface area contributed by atoms with Crippen LogP contribution in [0.25, 0.3) is 0 Å². The maximum absolute atomic E-state index is 10.4. The summed E-state index contributed by atoms with van der Waals surface area (Å²) in [6.07, 6.45) is 0. The Hall–Kier alpha value is -1.35. The lowest BCUT2D eigenvalue weighted by Gasteiger charge is -1.96. The highest BCUT2D eigenvalue weighted by Crippen LogP contribution is 2.05. The fraction of sp³-hybridized carbons (Fsp3) is 0.125. The molecule has 0 amide bonds. The van der Waals surface area contributed by atoms with Crippen molar-refractivity contribution < 1.29 is 15.4 Å². The smallest absolute Gasteiger partial charge is 0.335 e. The molecule has 0 aliphatic heterocycles. The molecule has 1 rings (SSSR count). The van der Waals surface area contributed by atoms with Crippen LogP contribution in [0.2, 0.25) is 0 Å². The first kappa shape index (κ1) is 9.65. The van der Waals surface area contributed by atoms with E-state index in [-0.39, 0.29) is 5.48 Å². The van der Waals surface area contributed by atoms with Crippen LogP contribution in [0.3, 0.4) is 0 Å². The van der Waals surface area contributed by atoms with Gasteiger partial charge in [-0.2, -0.15) is 0 Å². The Morgan fingerprint density at radius 1 is 1.36 bits per heavy atom. The zero-order valence-electron chi connectivity index (χ0n) is 6.16. The Labute approximate surface area is 64.6 Å². The maximum Gasteiger partial charge on any atom is 0.335 e. The van der Waals surface area contributed by atoms with Crippen molar-refractivity contribution >= 4 is 5.97 Å². The summed E-state index contributed by atoms with van der Waals surface area (Å²) in [5.74, 6) is -0.863. The second-order valence-electron chi connectivity index (χ2n) is 2.12. The molecule has 0 radical (unpaired) electrons. The van der Waals surface area contributed by atoms with Crippen molar-refractivity contribution in [2.75, 3.05) is 0 Å². The monoisotopic (exact) mass is 154 g/mol. The molecule has 3 heteroatoms. The van der Waals surface area contributed by atoms with E-state index in [0.29, 0.717) is 5.56 Å². The van der Waals surface area contributed by atoms with Crippen molar-refractivity contribution in [3.05, 3.63) is 35.4 Å². The van der Waals surface area contributed by atoms with Crippen LogP contribution >= 0.6 is 0 Å². The number of carboxylic acids is 1. The third-order valence-corrected chi connectivity index (χ3v) is 1.38. The first-order valence-corrected chi connectivity index (χ1v) is 3.01. The number of carboxylic acid groups (broad SMARTS) is 1. The van der Waals surface area contributed by atoms with Gasteiger partial charge < -0.3 is 10.6 Å². The van der Waals surface area contributed by atoms with E-state index in [1.165, 1.54) is 0 Å². The molecule has 0 heterocycles. The third kappa shape index (κ3) is 2.05. The Kier molecular flexibility index (Phi) is 3.27. The lowest BCUT2D eigenvalue weighted by atomic mass is 10.1. The van der Waals surface area contributed by atoms with Crippen LogP contribution in [0.4, 0.5) is 0 Å². The highest BCUT2D eigenvalue weighted by molar-refractivity contribution is 5.89. The van der Waals surface area contributed by atoms with Crippen molar-refractivity contribution in [3.8, 4) is 0 Å². The van der Waals surface area contributed by atoms with E-state index in [2.05, 4.69) is 0 Å². The zero-order chi connectivity index (χ0) is 7.56. The van der Waals surface area contributed by atoms with Crippen molar-refractivity contribution in [1.29, 1.82) is 0 Å². The molecule has 1 aromatic rings. The summed E-state index contributed by atoms with van der Waals surface area (Å²) in [5, 5.41) is 8.57. The standard InChI is InChI=1S/C8H8O2.H2O/c1-6-4-2-3-5-7(6)8(9)10;/h2-5H,1H3,(H,9,10);1H2. The van der Waals surface area contributed by atoms with Crippen LogP contribution < -0.4 is 0 Å².